The van der Waals surface area contributed by atoms with E-state index in [4.69, 9.17) is 0 Å². The summed E-state index contributed by atoms with van der Waals surface area (Å²) < 4.78 is 14.8. The first-order valence-electron chi connectivity index (χ1n) is 10.6. The summed E-state index contributed by atoms with van der Waals surface area (Å²) in [6, 6.07) is 11.5. The minimum atomic E-state index is -0.357. The smallest absolute Gasteiger partial charge is 0.265 e. The first kappa shape index (κ1) is 20.3. The van der Waals surface area contributed by atoms with Crippen LogP contribution in [0.3, 0.4) is 0 Å². The fourth-order valence-corrected chi connectivity index (χ4v) is 4.39. The maximum Gasteiger partial charge on any atom is 0.265 e. The van der Waals surface area contributed by atoms with Gasteiger partial charge in [-0.05, 0) is 55.7 Å². The van der Waals surface area contributed by atoms with E-state index >= 15 is 0 Å². The highest BCUT2D eigenvalue weighted by molar-refractivity contribution is 5.97. The average molecular weight is 407 g/mol. The Bertz CT molecular complexity index is 1100. The molecule has 1 aromatic carbocycles. The number of pyridine rings is 2. The molecule has 2 aromatic heterocycles. The van der Waals surface area contributed by atoms with Crippen molar-refractivity contribution in [2.45, 2.75) is 51.6 Å². The molecular formula is C24H26FN3O2. The molecule has 1 aliphatic rings. The van der Waals surface area contributed by atoms with E-state index in [1.54, 1.807) is 30.5 Å². The van der Waals surface area contributed by atoms with Crippen LogP contribution in [-0.4, -0.2) is 32.9 Å². The first-order valence-corrected chi connectivity index (χ1v) is 10.6. The molecular weight excluding hydrogens is 381 g/mol. The van der Waals surface area contributed by atoms with Crippen molar-refractivity contribution in [3.05, 3.63) is 76.0 Å². The van der Waals surface area contributed by atoms with Gasteiger partial charge in [0, 0.05) is 24.2 Å². The number of hydrogen-bond donors (Lipinski definition) is 0. The molecule has 0 N–H and O–H groups in total. The third-order valence-electron chi connectivity index (χ3n) is 5.95. The zero-order chi connectivity index (χ0) is 21.1. The quantitative estimate of drug-likeness (QED) is 0.631. The summed E-state index contributed by atoms with van der Waals surface area (Å²) in [4.78, 5) is 33.1. The molecule has 0 unspecified atom stereocenters. The Labute approximate surface area is 175 Å². The number of nitrogens with zero attached hydrogens (tertiary/aromatic N) is 3. The summed E-state index contributed by atoms with van der Waals surface area (Å²) in [6.07, 6.45) is 7.03. The molecule has 1 aliphatic carbocycles. The van der Waals surface area contributed by atoms with Crippen molar-refractivity contribution in [2.24, 2.45) is 0 Å². The molecule has 0 atom stereocenters. The molecule has 5 nitrogen and oxygen atoms in total. The zero-order valence-electron chi connectivity index (χ0n) is 17.2. The van der Waals surface area contributed by atoms with Crippen LogP contribution in [0.4, 0.5) is 4.39 Å². The molecule has 6 heteroatoms. The van der Waals surface area contributed by atoms with E-state index in [1.165, 1.54) is 23.1 Å². The Morgan fingerprint density at radius 1 is 1.17 bits per heavy atom. The number of rotatable bonds is 5. The second-order valence-electron chi connectivity index (χ2n) is 7.88. The topological polar surface area (TPSA) is 55.2 Å². The van der Waals surface area contributed by atoms with E-state index in [2.05, 4.69) is 4.98 Å². The molecule has 0 radical (unpaired) electrons. The van der Waals surface area contributed by atoms with Gasteiger partial charge in [-0.15, -0.1) is 0 Å². The minimum Gasteiger partial charge on any atom is -0.336 e. The number of aromatic nitrogens is 2. The monoisotopic (exact) mass is 407 g/mol. The highest BCUT2D eigenvalue weighted by atomic mass is 19.1. The Balaban J connectivity index is 1.78. The van der Waals surface area contributed by atoms with Gasteiger partial charge >= 0.3 is 0 Å². The molecule has 30 heavy (non-hydrogen) atoms. The maximum absolute atomic E-state index is 13.4. The van der Waals surface area contributed by atoms with Gasteiger partial charge in [-0.1, -0.05) is 31.4 Å². The van der Waals surface area contributed by atoms with Crippen LogP contribution in [0, 0.1) is 5.82 Å². The molecule has 0 saturated heterocycles. The molecule has 0 bridgehead atoms. The van der Waals surface area contributed by atoms with Crippen LogP contribution in [0.25, 0.3) is 11.0 Å². The van der Waals surface area contributed by atoms with Crippen LogP contribution < -0.4 is 5.56 Å². The molecule has 0 spiro atoms. The van der Waals surface area contributed by atoms with E-state index in [1.807, 2.05) is 17.9 Å². The van der Waals surface area contributed by atoms with Gasteiger partial charge in [-0.3, -0.25) is 14.2 Å². The number of carbonyl (C=O) groups is 1. The first-order chi connectivity index (χ1) is 14.6. The minimum absolute atomic E-state index is 0.171. The van der Waals surface area contributed by atoms with Crippen LogP contribution in [0.15, 0.2) is 53.5 Å². The number of carbonyl (C=O) groups excluding carboxylic acids is 1. The number of benzene rings is 1. The predicted molar refractivity (Wildman–Crippen MR) is 115 cm³/mol. The van der Waals surface area contributed by atoms with Crippen LogP contribution in [0.2, 0.25) is 0 Å². The largest absolute Gasteiger partial charge is 0.336 e. The van der Waals surface area contributed by atoms with Crippen LogP contribution in [-0.2, 0) is 6.54 Å². The summed E-state index contributed by atoms with van der Waals surface area (Å²) in [7, 11) is 0. The number of fused-ring (bicyclic) bond motifs is 1. The van der Waals surface area contributed by atoms with Crippen molar-refractivity contribution in [1.82, 2.24) is 14.5 Å². The molecule has 2 heterocycles. The lowest BCUT2D eigenvalue weighted by atomic mass is 9.93. The van der Waals surface area contributed by atoms with Gasteiger partial charge in [-0.2, -0.15) is 0 Å². The SMILES string of the molecule is CCN(C(=O)c1cc2cccnc2n(Cc2ccc(F)cc2)c1=O)C1CCCCC1. The molecule has 156 valence electrons. The average Bonchev–Trinajstić information content (AvgIpc) is 2.78. The zero-order valence-corrected chi connectivity index (χ0v) is 17.2. The van der Waals surface area contributed by atoms with E-state index in [0.717, 1.165) is 36.6 Å². The number of amides is 1. The van der Waals surface area contributed by atoms with Crippen molar-refractivity contribution < 1.29 is 9.18 Å². The number of hydrogen-bond acceptors (Lipinski definition) is 3. The highest BCUT2D eigenvalue weighted by Gasteiger charge is 2.27. The van der Waals surface area contributed by atoms with Gasteiger partial charge in [0.1, 0.15) is 17.0 Å². The van der Waals surface area contributed by atoms with E-state index in [9.17, 15) is 14.0 Å². The predicted octanol–water partition coefficient (Wildman–Crippen LogP) is 4.38. The lowest BCUT2D eigenvalue weighted by Gasteiger charge is -2.33. The Morgan fingerprint density at radius 3 is 2.60 bits per heavy atom. The van der Waals surface area contributed by atoms with Crippen molar-refractivity contribution >= 4 is 16.9 Å². The Kier molecular flexibility index (Phi) is 5.93. The fourth-order valence-electron chi connectivity index (χ4n) is 4.39. The summed E-state index contributed by atoms with van der Waals surface area (Å²) in [5, 5.41) is 0.738. The molecule has 1 amide bonds. The van der Waals surface area contributed by atoms with E-state index in [-0.39, 0.29) is 35.4 Å². The molecule has 1 saturated carbocycles. The van der Waals surface area contributed by atoms with Crippen molar-refractivity contribution in [1.29, 1.82) is 0 Å². The van der Waals surface area contributed by atoms with Crippen LogP contribution in [0.5, 0.6) is 0 Å². The van der Waals surface area contributed by atoms with Crippen LogP contribution >= 0.6 is 0 Å². The second kappa shape index (κ2) is 8.78. The standard InChI is InChI=1S/C24H26FN3O2/c1-2-27(20-8-4-3-5-9-20)23(29)21-15-18-7-6-14-26-22(18)28(24(21)30)16-17-10-12-19(25)13-11-17/h6-7,10-15,20H,2-5,8-9,16H2,1H3. The van der Waals surface area contributed by atoms with Gasteiger partial charge in [0.05, 0.1) is 6.54 Å². The fraction of sp³-hybridized carbons (Fsp3) is 0.375. The lowest BCUT2D eigenvalue weighted by Crippen LogP contribution is -2.44. The summed E-state index contributed by atoms with van der Waals surface area (Å²) in [6.45, 7) is 2.77. The summed E-state index contributed by atoms with van der Waals surface area (Å²) in [5.74, 6) is -0.544. The molecule has 1 fully saturated rings. The third kappa shape index (κ3) is 3.99. The summed E-state index contributed by atoms with van der Waals surface area (Å²) in [5.41, 5.74) is 1.11. The van der Waals surface area contributed by atoms with Gasteiger partial charge in [0.2, 0.25) is 0 Å². The highest BCUT2D eigenvalue weighted by Crippen LogP contribution is 2.24. The lowest BCUT2D eigenvalue weighted by molar-refractivity contribution is 0.0645. The number of halogens is 1. The van der Waals surface area contributed by atoms with Gasteiger partial charge in [-0.25, -0.2) is 9.37 Å². The van der Waals surface area contributed by atoms with Crippen molar-refractivity contribution in [2.75, 3.05) is 6.54 Å². The summed E-state index contributed by atoms with van der Waals surface area (Å²) >= 11 is 0. The molecule has 3 aromatic rings. The van der Waals surface area contributed by atoms with Crippen molar-refractivity contribution in [3.8, 4) is 0 Å². The Morgan fingerprint density at radius 2 is 1.90 bits per heavy atom. The van der Waals surface area contributed by atoms with Gasteiger partial charge < -0.3 is 4.90 Å². The maximum atomic E-state index is 13.4. The second-order valence-corrected chi connectivity index (χ2v) is 7.88. The van der Waals surface area contributed by atoms with Gasteiger partial charge in [0.25, 0.3) is 11.5 Å². The van der Waals surface area contributed by atoms with Crippen LogP contribution in [0.1, 0.15) is 54.9 Å². The molecule has 4 rings (SSSR count). The third-order valence-corrected chi connectivity index (χ3v) is 5.95. The van der Waals surface area contributed by atoms with Crippen molar-refractivity contribution in [3.63, 3.8) is 0 Å². The van der Waals surface area contributed by atoms with Gasteiger partial charge in [0.15, 0.2) is 0 Å². The molecule has 0 aliphatic heterocycles. The normalized spacial score (nSPS) is 14.7. The van der Waals surface area contributed by atoms with E-state index in [0.29, 0.717) is 12.2 Å². The Hall–Kier alpha value is -3.02. The van der Waals surface area contributed by atoms with E-state index < -0.39 is 0 Å².